The molecule has 0 saturated heterocycles. The summed E-state index contributed by atoms with van der Waals surface area (Å²) in [5.74, 6) is 1.42. The molecule has 0 radical (unpaired) electrons. The van der Waals surface area contributed by atoms with E-state index in [-0.39, 0.29) is 17.6 Å². The van der Waals surface area contributed by atoms with Crippen LogP contribution in [0.15, 0.2) is 48.5 Å². The molecule has 1 amide bonds. The second-order valence-electron chi connectivity index (χ2n) is 8.78. The lowest BCUT2D eigenvalue weighted by Gasteiger charge is -2.38. The normalized spacial score (nSPS) is 16.9. The summed E-state index contributed by atoms with van der Waals surface area (Å²) >= 11 is 0. The summed E-state index contributed by atoms with van der Waals surface area (Å²) in [5, 5.41) is 7.69. The van der Waals surface area contributed by atoms with Gasteiger partial charge in [0, 0.05) is 23.2 Å². The van der Waals surface area contributed by atoms with E-state index < -0.39 is 0 Å². The third kappa shape index (κ3) is 4.58. The minimum atomic E-state index is -0.372. The third-order valence-corrected chi connectivity index (χ3v) is 5.63. The number of aryl methyl sites for hydroxylation is 2. The number of methoxy groups -OCH3 is 1. The molecule has 2 heterocycles. The lowest BCUT2D eigenvalue weighted by atomic mass is 9.89. The van der Waals surface area contributed by atoms with Crippen LogP contribution in [-0.2, 0) is 6.54 Å². The highest BCUT2D eigenvalue weighted by Gasteiger charge is 2.35. The Balaban J connectivity index is 1.51. The summed E-state index contributed by atoms with van der Waals surface area (Å²) in [6, 6.07) is 15.3. The highest BCUT2D eigenvalue weighted by molar-refractivity contribution is 5.94. The highest BCUT2D eigenvalue weighted by atomic mass is 16.5. The van der Waals surface area contributed by atoms with Gasteiger partial charge in [-0.25, -0.2) is 0 Å². The van der Waals surface area contributed by atoms with Gasteiger partial charge >= 0.3 is 0 Å². The van der Waals surface area contributed by atoms with Gasteiger partial charge in [0.15, 0.2) is 0 Å². The van der Waals surface area contributed by atoms with E-state index in [9.17, 15) is 4.79 Å². The maximum absolute atomic E-state index is 13.0. The first kappa shape index (κ1) is 21.0. The summed E-state index contributed by atoms with van der Waals surface area (Å²) in [7, 11) is 1.64. The van der Waals surface area contributed by atoms with Crippen LogP contribution >= 0.6 is 0 Å². The van der Waals surface area contributed by atoms with Crippen molar-refractivity contribution < 1.29 is 14.3 Å². The van der Waals surface area contributed by atoms with E-state index in [0.29, 0.717) is 18.5 Å². The zero-order chi connectivity index (χ0) is 22.2. The zero-order valence-electron chi connectivity index (χ0n) is 18.7. The van der Waals surface area contributed by atoms with Crippen molar-refractivity contribution >= 4 is 5.91 Å². The Morgan fingerprint density at radius 2 is 1.94 bits per heavy atom. The van der Waals surface area contributed by atoms with Gasteiger partial charge in [0.1, 0.15) is 17.1 Å². The minimum absolute atomic E-state index is 0.103. The number of carbonyl (C=O) groups excluding carboxylic acids is 1. The first-order valence-corrected chi connectivity index (χ1v) is 10.5. The van der Waals surface area contributed by atoms with E-state index in [4.69, 9.17) is 9.47 Å². The second kappa shape index (κ2) is 8.10. The number of carbonyl (C=O) groups is 1. The Morgan fingerprint density at radius 3 is 2.58 bits per heavy atom. The number of hydrogen-bond acceptors (Lipinski definition) is 4. The highest BCUT2D eigenvalue weighted by Crippen LogP contribution is 2.41. The van der Waals surface area contributed by atoms with Gasteiger partial charge in [-0.3, -0.25) is 9.48 Å². The van der Waals surface area contributed by atoms with Crippen molar-refractivity contribution in [2.45, 2.75) is 52.3 Å². The molecule has 1 unspecified atom stereocenters. The van der Waals surface area contributed by atoms with Crippen molar-refractivity contribution in [3.05, 3.63) is 76.6 Å². The second-order valence-corrected chi connectivity index (χ2v) is 8.78. The number of nitrogens with one attached hydrogen (secondary N) is 1. The van der Waals surface area contributed by atoms with Gasteiger partial charge in [-0.05, 0) is 69.7 Å². The Kier molecular flexibility index (Phi) is 5.48. The maximum atomic E-state index is 13.0. The van der Waals surface area contributed by atoms with Gasteiger partial charge in [0.2, 0.25) is 0 Å². The topological polar surface area (TPSA) is 65.4 Å². The number of ether oxygens (including phenoxy) is 2. The van der Waals surface area contributed by atoms with Gasteiger partial charge in [0.05, 0.1) is 25.4 Å². The summed E-state index contributed by atoms with van der Waals surface area (Å²) < 4.78 is 13.4. The van der Waals surface area contributed by atoms with E-state index in [0.717, 1.165) is 34.0 Å². The standard InChI is InChI=1S/C25H29N3O3/c1-16-12-17(2)28(27-16)15-18-6-8-19(9-7-18)24(29)26-22-14-25(3,4)31-23-11-10-20(30-5)13-21(22)23/h6-13,22H,14-15H2,1-5H3,(H,26,29). The summed E-state index contributed by atoms with van der Waals surface area (Å²) in [5.41, 5.74) is 4.42. The Labute approximate surface area is 183 Å². The van der Waals surface area contributed by atoms with Crippen LogP contribution in [0.3, 0.4) is 0 Å². The molecule has 1 aliphatic heterocycles. The van der Waals surface area contributed by atoms with Gasteiger partial charge in [-0.2, -0.15) is 5.10 Å². The van der Waals surface area contributed by atoms with Gasteiger partial charge < -0.3 is 14.8 Å². The van der Waals surface area contributed by atoms with Gasteiger partial charge in [-0.15, -0.1) is 0 Å². The molecule has 3 aromatic rings. The number of nitrogens with zero attached hydrogens (tertiary/aromatic N) is 2. The number of hydrogen-bond donors (Lipinski definition) is 1. The van der Waals surface area contributed by atoms with Crippen molar-refractivity contribution in [3.63, 3.8) is 0 Å². The van der Waals surface area contributed by atoms with Crippen molar-refractivity contribution in [1.29, 1.82) is 0 Å². The van der Waals surface area contributed by atoms with Crippen LogP contribution in [0.2, 0.25) is 0 Å². The third-order valence-electron chi connectivity index (χ3n) is 5.63. The molecule has 0 saturated carbocycles. The molecule has 31 heavy (non-hydrogen) atoms. The molecule has 0 spiro atoms. The van der Waals surface area contributed by atoms with Gasteiger partial charge in [0.25, 0.3) is 5.91 Å². The van der Waals surface area contributed by atoms with E-state index in [1.165, 1.54) is 0 Å². The quantitative estimate of drug-likeness (QED) is 0.657. The molecule has 1 aliphatic rings. The fourth-order valence-electron chi connectivity index (χ4n) is 4.10. The lowest BCUT2D eigenvalue weighted by Crippen LogP contribution is -2.41. The lowest BCUT2D eigenvalue weighted by molar-refractivity contribution is 0.0618. The summed E-state index contributed by atoms with van der Waals surface area (Å²) in [6.07, 6.45) is 0.676. The molecule has 0 fully saturated rings. The monoisotopic (exact) mass is 419 g/mol. The van der Waals surface area contributed by atoms with Crippen molar-refractivity contribution in [3.8, 4) is 11.5 Å². The SMILES string of the molecule is COc1ccc2c(c1)C(NC(=O)c1ccc(Cn3nc(C)cc3C)cc1)CC(C)(C)O2. The summed E-state index contributed by atoms with van der Waals surface area (Å²) in [4.78, 5) is 13.0. The molecule has 2 aromatic carbocycles. The number of aromatic nitrogens is 2. The average Bonchev–Trinajstić information content (AvgIpc) is 3.04. The predicted octanol–water partition coefficient (Wildman–Crippen LogP) is 4.59. The van der Waals surface area contributed by atoms with Crippen LogP contribution in [0.25, 0.3) is 0 Å². The van der Waals surface area contributed by atoms with E-state index in [1.807, 2.05) is 74.8 Å². The van der Waals surface area contributed by atoms with Crippen LogP contribution in [0, 0.1) is 13.8 Å². The van der Waals surface area contributed by atoms with Crippen LogP contribution in [0.1, 0.15) is 59.2 Å². The van der Waals surface area contributed by atoms with Gasteiger partial charge in [-0.1, -0.05) is 12.1 Å². The van der Waals surface area contributed by atoms with Crippen LogP contribution in [0.5, 0.6) is 11.5 Å². The largest absolute Gasteiger partial charge is 0.497 e. The van der Waals surface area contributed by atoms with Crippen LogP contribution < -0.4 is 14.8 Å². The fraction of sp³-hybridized carbons (Fsp3) is 0.360. The first-order chi connectivity index (χ1) is 14.7. The molecule has 6 heteroatoms. The van der Waals surface area contributed by atoms with Crippen LogP contribution in [0.4, 0.5) is 0 Å². The van der Waals surface area contributed by atoms with E-state index in [2.05, 4.69) is 16.5 Å². The molecule has 0 bridgehead atoms. The molecule has 162 valence electrons. The van der Waals surface area contributed by atoms with E-state index >= 15 is 0 Å². The Morgan fingerprint density at radius 1 is 1.19 bits per heavy atom. The molecule has 0 aliphatic carbocycles. The van der Waals surface area contributed by atoms with E-state index in [1.54, 1.807) is 7.11 Å². The number of fused-ring (bicyclic) bond motifs is 1. The van der Waals surface area contributed by atoms with Crippen LogP contribution in [-0.4, -0.2) is 28.4 Å². The fourth-order valence-corrected chi connectivity index (χ4v) is 4.10. The molecular weight excluding hydrogens is 390 g/mol. The van der Waals surface area contributed by atoms with Crippen molar-refractivity contribution in [2.75, 3.05) is 7.11 Å². The van der Waals surface area contributed by atoms with Crippen molar-refractivity contribution in [1.82, 2.24) is 15.1 Å². The average molecular weight is 420 g/mol. The Bertz CT molecular complexity index is 1100. The number of benzene rings is 2. The number of rotatable bonds is 5. The maximum Gasteiger partial charge on any atom is 0.251 e. The predicted molar refractivity (Wildman–Crippen MR) is 120 cm³/mol. The molecule has 6 nitrogen and oxygen atoms in total. The van der Waals surface area contributed by atoms with Crippen molar-refractivity contribution in [2.24, 2.45) is 0 Å². The molecule has 1 aromatic heterocycles. The minimum Gasteiger partial charge on any atom is -0.497 e. The smallest absolute Gasteiger partial charge is 0.251 e. The molecule has 1 N–H and O–H groups in total. The summed E-state index contributed by atoms with van der Waals surface area (Å²) in [6.45, 7) is 8.79. The first-order valence-electron chi connectivity index (χ1n) is 10.5. The zero-order valence-corrected chi connectivity index (χ0v) is 18.7. The Hall–Kier alpha value is -3.28. The molecule has 1 atom stereocenters. The number of amides is 1. The molecular formula is C25H29N3O3. The molecule has 4 rings (SSSR count).